The molecule has 4 N–H and O–H groups in total. The minimum Gasteiger partial charge on any atom is -0.484 e. The second-order valence-corrected chi connectivity index (χ2v) is 7.62. The Kier molecular flexibility index (Phi) is 5.31. The van der Waals surface area contributed by atoms with Crippen LogP contribution in [0.15, 0.2) is 47.2 Å². The summed E-state index contributed by atoms with van der Waals surface area (Å²) in [5.41, 5.74) is 11.4. The van der Waals surface area contributed by atoms with Gasteiger partial charge in [0.2, 0.25) is 0 Å². The van der Waals surface area contributed by atoms with E-state index in [1.807, 2.05) is 6.08 Å². The van der Waals surface area contributed by atoms with E-state index in [0.717, 1.165) is 11.3 Å². The van der Waals surface area contributed by atoms with Crippen LogP contribution in [0.5, 0.6) is 5.75 Å². The van der Waals surface area contributed by atoms with Crippen LogP contribution in [-0.4, -0.2) is 24.0 Å². The molecule has 7 nitrogen and oxygen atoms in total. The molecule has 0 fully saturated rings. The number of hydrogen-bond acceptors (Lipinski definition) is 7. The van der Waals surface area contributed by atoms with Gasteiger partial charge in [-0.1, -0.05) is 18.2 Å². The van der Waals surface area contributed by atoms with E-state index in [2.05, 4.69) is 18.2 Å². The lowest BCUT2D eigenvalue weighted by molar-refractivity contribution is -0.119. The second-order valence-electron chi connectivity index (χ2n) is 6.54. The van der Waals surface area contributed by atoms with Crippen LogP contribution in [0.25, 0.3) is 0 Å². The molecule has 1 aromatic rings. The highest BCUT2D eigenvalue weighted by atomic mass is 32.2. The molecule has 0 radical (unpaired) electrons. The summed E-state index contributed by atoms with van der Waals surface area (Å²) in [6, 6.07) is 13.1. The van der Waals surface area contributed by atoms with Crippen LogP contribution in [0, 0.1) is 45.3 Å². The van der Waals surface area contributed by atoms with E-state index >= 15 is 0 Å². The third kappa shape index (κ3) is 3.07. The van der Waals surface area contributed by atoms with Crippen molar-refractivity contribution < 1.29 is 9.53 Å². The summed E-state index contributed by atoms with van der Waals surface area (Å²) in [5.74, 6) is 0.411. The van der Waals surface area contributed by atoms with E-state index < -0.39 is 17.2 Å². The molecule has 0 aromatic heterocycles. The average molecular weight is 391 g/mol. The molecule has 0 saturated carbocycles. The van der Waals surface area contributed by atoms with E-state index in [-0.39, 0.29) is 23.8 Å². The van der Waals surface area contributed by atoms with Crippen molar-refractivity contribution in [1.29, 1.82) is 15.8 Å². The van der Waals surface area contributed by atoms with Crippen LogP contribution in [0.3, 0.4) is 0 Å². The van der Waals surface area contributed by atoms with Gasteiger partial charge in [-0.15, -0.1) is 0 Å². The summed E-state index contributed by atoms with van der Waals surface area (Å²) in [4.78, 5) is 11.0. The molecule has 1 aliphatic heterocycles. The highest BCUT2D eigenvalue weighted by Gasteiger charge is 2.53. The highest BCUT2D eigenvalue weighted by Crippen LogP contribution is 2.55. The van der Waals surface area contributed by atoms with E-state index in [9.17, 15) is 20.6 Å². The SMILES string of the molecule is N#CC1=C(N)C(C#N)(C#N)[C@@H](c2cccc(OCC(N)=O)c2)[C@@H]2CSCC=C12. The van der Waals surface area contributed by atoms with Crippen molar-refractivity contribution in [2.75, 3.05) is 18.1 Å². The number of primary amides is 1. The molecular weight excluding hydrogens is 374 g/mol. The lowest BCUT2D eigenvalue weighted by atomic mass is 9.59. The van der Waals surface area contributed by atoms with Crippen LogP contribution < -0.4 is 16.2 Å². The predicted molar refractivity (Wildman–Crippen MR) is 103 cm³/mol. The first-order chi connectivity index (χ1) is 13.5. The van der Waals surface area contributed by atoms with Gasteiger partial charge >= 0.3 is 0 Å². The molecule has 28 heavy (non-hydrogen) atoms. The zero-order valence-corrected chi connectivity index (χ0v) is 15.7. The van der Waals surface area contributed by atoms with Crippen LogP contribution >= 0.6 is 11.8 Å². The molecule has 0 spiro atoms. The fourth-order valence-electron chi connectivity index (χ4n) is 3.81. The Morgan fingerprint density at radius 2 is 2.07 bits per heavy atom. The molecule has 1 heterocycles. The number of allylic oxidation sites excluding steroid dienone is 3. The highest BCUT2D eigenvalue weighted by molar-refractivity contribution is 7.99. The lowest BCUT2D eigenvalue weighted by Crippen LogP contribution is -2.43. The molecule has 1 aliphatic carbocycles. The maximum absolute atomic E-state index is 11.0. The molecule has 0 saturated heterocycles. The van der Waals surface area contributed by atoms with Crippen LogP contribution in [0.2, 0.25) is 0 Å². The number of benzene rings is 1. The average Bonchev–Trinajstić information content (AvgIpc) is 2.71. The minimum absolute atomic E-state index is 0.0112. The van der Waals surface area contributed by atoms with Crippen molar-refractivity contribution in [3.05, 3.63) is 52.7 Å². The number of ether oxygens (including phenoxy) is 1. The zero-order valence-electron chi connectivity index (χ0n) is 14.9. The van der Waals surface area contributed by atoms with Crippen molar-refractivity contribution in [2.45, 2.75) is 5.92 Å². The molecular formula is C20H17N5O2S. The summed E-state index contributed by atoms with van der Waals surface area (Å²) in [7, 11) is 0. The smallest absolute Gasteiger partial charge is 0.255 e. The van der Waals surface area contributed by atoms with Gasteiger partial charge < -0.3 is 16.2 Å². The van der Waals surface area contributed by atoms with E-state index in [1.165, 1.54) is 0 Å². The summed E-state index contributed by atoms with van der Waals surface area (Å²) in [6.07, 6.45) is 1.95. The number of fused-ring (bicyclic) bond motifs is 1. The Morgan fingerprint density at radius 3 is 2.71 bits per heavy atom. The zero-order chi connectivity index (χ0) is 20.3. The molecule has 2 atom stereocenters. The second kappa shape index (κ2) is 7.68. The van der Waals surface area contributed by atoms with Gasteiger partial charge in [-0.05, 0) is 23.3 Å². The summed E-state index contributed by atoms with van der Waals surface area (Å²) < 4.78 is 5.38. The number of hydrogen-bond donors (Lipinski definition) is 2. The number of rotatable bonds is 4. The van der Waals surface area contributed by atoms with Crippen molar-refractivity contribution in [3.63, 3.8) is 0 Å². The van der Waals surface area contributed by atoms with Crippen molar-refractivity contribution in [1.82, 2.24) is 0 Å². The number of nitriles is 3. The maximum Gasteiger partial charge on any atom is 0.255 e. The maximum atomic E-state index is 11.0. The molecule has 140 valence electrons. The molecule has 1 amide bonds. The first-order valence-electron chi connectivity index (χ1n) is 8.50. The fourth-order valence-corrected chi connectivity index (χ4v) is 4.87. The monoisotopic (exact) mass is 391 g/mol. The third-order valence-corrected chi connectivity index (χ3v) is 6.03. The van der Waals surface area contributed by atoms with Crippen molar-refractivity contribution >= 4 is 17.7 Å². The Bertz CT molecular complexity index is 995. The number of thioether (sulfide) groups is 1. The van der Waals surface area contributed by atoms with Gasteiger partial charge in [-0.25, -0.2) is 0 Å². The van der Waals surface area contributed by atoms with Gasteiger partial charge in [0, 0.05) is 23.3 Å². The molecule has 3 rings (SSSR count). The summed E-state index contributed by atoms with van der Waals surface area (Å²) in [6.45, 7) is -0.277. The standard InChI is InChI=1S/C20H17N5O2S/c21-7-15-14-4-5-28-9-16(14)18(20(10-22,11-23)19(15)25)12-2-1-3-13(6-12)27-8-17(24)26/h1-4,6,16,18H,5,8-9,25H2,(H2,24,26)/t16-,18+/m1/s1. The minimum atomic E-state index is -1.67. The largest absolute Gasteiger partial charge is 0.484 e. The van der Waals surface area contributed by atoms with Crippen molar-refractivity contribution in [2.24, 2.45) is 22.8 Å². The number of nitrogens with two attached hydrogens (primary N) is 2. The van der Waals surface area contributed by atoms with Crippen molar-refractivity contribution in [3.8, 4) is 24.0 Å². The van der Waals surface area contributed by atoms with Crippen LogP contribution in [0.4, 0.5) is 0 Å². The Balaban J connectivity index is 2.18. The molecule has 8 heteroatoms. The van der Waals surface area contributed by atoms with Gasteiger partial charge in [0.05, 0.1) is 23.4 Å². The molecule has 0 bridgehead atoms. The van der Waals surface area contributed by atoms with Crippen LogP contribution in [0.1, 0.15) is 11.5 Å². The van der Waals surface area contributed by atoms with Crippen LogP contribution in [-0.2, 0) is 4.79 Å². The normalized spacial score (nSPS) is 22.7. The Morgan fingerprint density at radius 1 is 1.32 bits per heavy atom. The molecule has 1 aromatic carbocycles. The predicted octanol–water partition coefficient (Wildman–Crippen LogP) is 1.71. The fraction of sp³-hybridized carbons (Fsp3) is 0.300. The van der Waals surface area contributed by atoms with Gasteiger partial charge in [0.1, 0.15) is 11.8 Å². The van der Waals surface area contributed by atoms with E-state index in [1.54, 1.807) is 36.0 Å². The van der Waals surface area contributed by atoms with E-state index in [0.29, 0.717) is 17.1 Å². The number of carbonyl (C=O) groups excluding carboxylic acids is 1. The van der Waals surface area contributed by atoms with Gasteiger partial charge in [0.15, 0.2) is 12.0 Å². The number of amides is 1. The summed E-state index contributed by atoms with van der Waals surface area (Å²) in [5, 5.41) is 29.6. The first kappa shape index (κ1) is 19.4. The molecule has 0 unspecified atom stereocenters. The van der Waals surface area contributed by atoms with Gasteiger partial charge in [-0.3, -0.25) is 4.79 Å². The van der Waals surface area contributed by atoms with E-state index in [4.69, 9.17) is 16.2 Å². The number of carbonyl (C=O) groups is 1. The number of nitrogens with zero attached hydrogens (tertiary/aromatic N) is 3. The quantitative estimate of drug-likeness (QED) is 0.793. The summed E-state index contributed by atoms with van der Waals surface area (Å²) >= 11 is 1.67. The Labute approximate surface area is 166 Å². The van der Waals surface area contributed by atoms with Gasteiger partial charge in [-0.2, -0.15) is 27.5 Å². The van der Waals surface area contributed by atoms with Gasteiger partial charge in [0.25, 0.3) is 5.91 Å². The lowest BCUT2D eigenvalue weighted by Gasteiger charge is -2.43. The topological polar surface area (TPSA) is 150 Å². The third-order valence-electron chi connectivity index (χ3n) is 5.03. The first-order valence-corrected chi connectivity index (χ1v) is 9.66. The Hall–Kier alpha value is -3.41. The molecule has 2 aliphatic rings.